The van der Waals surface area contributed by atoms with Gasteiger partial charge in [-0.15, -0.1) is 0 Å². The van der Waals surface area contributed by atoms with E-state index in [1.165, 1.54) is 6.33 Å². The number of aliphatic imine (C=N–C) groups is 1. The van der Waals surface area contributed by atoms with Crippen LogP contribution in [0.1, 0.15) is 29.8 Å². The number of nitrogens with zero attached hydrogens (tertiary/aromatic N) is 5. The Kier molecular flexibility index (Phi) is 6.68. The summed E-state index contributed by atoms with van der Waals surface area (Å²) >= 11 is 6.52. The standard InChI is InChI=1S/C24H29ClN8O2/c1-13-6-5-7-18(35-4)20(13)24(23(27)28-8-9-34)17(10-16(25)11-31-24)15(3)33-22-19(14(2)32-33)21(26)29-12-30-22/h5-7,10-12,15,31,34H,8-9H2,1-4H3,(H2,27,28)(H2,26,29,30). The summed E-state index contributed by atoms with van der Waals surface area (Å²) in [6, 6.07) is 5.36. The van der Waals surface area contributed by atoms with Crippen LogP contribution in [0.4, 0.5) is 5.82 Å². The molecule has 11 heteroatoms. The van der Waals surface area contributed by atoms with E-state index in [0.29, 0.717) is 33.3 Å². The molecule has 10 nitrogen and oxygen atoms in total. The fourth-order valence-electron chi connectivity index (χ4n) is 4.71. The molecule has 184 valence electrons. The van der Waals surface area contributed by atoms with Gasteiger partial charge in [0.15, 0.2) is 5.65 Å². The van der Waals surface area contributed by atoms with Crippen molar-refractivity contribution >= 4 is 34.3 Å². The lowest BCUT2D eigenvalue weighted by molar-refractivity contribution is 0.306. The van der Waals surface area contributed by atoms with Gasteiger partial charge in [-0.25, -0.2) is 14.6 Å². The van der Waals surface area contributed by atoms with Gasteiger partial charge in [0, 0.05) is 11.8 Å². The highest BCUT2D eigenvalue weighted by Gasteiger charge is 2.47. The number of hydrogen-bond donors (Lipinski definition) is 4. The van der Waals surface area contributed by atoms with E-state index in [1.807, 2.05) is 45.0 Å². The second kappa shape index (κ2) is 9.55. The normalized spacial score (nSPS) is 19.2. The molecule has 35 heavy (non-hydrogen) atoms. The topological polar surface area (TPSA) is 149 Å². The minimum atomic E-state index is -1.14. The summed E-state index contributed by atoms with van der Waals surface area (Å²) in [4.78, 5) is 13.1. The fraction of sp³-hybridized carbons (Fsp3) is 0.333. The van der Waals surface area contributed by atoms with Crippen LogP contribution < -0.4 is 21.5 Å². The number of fused-ring (bicyclic) bond motifs is 1. The summed E-state index contributed by atoms with van der Waals surface area (Å²) in [7, 11) is 1.61. The molecule has 2 unspecified atom stereocenters. The Morgan fingerprint density at radius 1 is 1.34 bits per heavy atom. The number of methoxy groups -OCH3 is 1. The van der Waals surface area contributed by atoms with Crippen molar-refractivity contribution in [2.75, 3.05) is 26.0 Å². The van der Waals surface area contributed by atoms with E-state index in [9.17, 15) is 5.11 Å². The molecule has 3 aromatic rings. The molecule has 6 N–H and O–H groups in total. The van der Waals surface area contributed by atoms with E-state index in [0.717, 1.165) is 16.7 Å². The predicted molar refractivity (Wildman–Crippen MR) is 137 cm³/mol. The van der Waals surface area contributed by atoms with Crippen LogP contribution in [0.2, 0.25) is 0 Å². The fourth-order valence-corrected chi connectivity index (χ4v) is 4.88. The van der Waals surface area contributed by atoms with Crippen LogP contribution in [0.15, 0.2) is 52.4 Å². The molecule has 0 saturated heterocycles. The maximum Gasteiger partial charge on any atom is 0.164 e. The van der Waals surface area contributed by atoms with Crippen LogP contribution in [0.3, 0.4) is 0 Å². The van der Waals surface area contributed by atoms with Gasteiger partial charge < -0.3 is 26.6 Å². The lowest BCUT2D eigenvalue weighted by Gasteiger charge is -2.42. The second-order valence-electron chi connectivity index (χ2n) is 8.33. The average Bonchev–Trinajstić information content (AvgIpc) is 3.19. The summed E-state index contributed by atoms with van der Waals surface area (Å²) in [6.07, 6.45) is 4.94. The first kappa shape index (κ1) is 24.5. The van der Waals surface area contributed by atoms with Crippen LogP contribution in [0, 0.1) is 13.8 Å². The van der Waals surface area contributed by atoms with Crippen molar-refractivity contribution in [3.05, 3.63) is 64.2 Å². The van der Waals surface area contributed by atoms with E-state index < -0.39 is 11.6 Å². The lowest BCUT2D eigenvalue weighted by atomic mass is 9.74. The summed E-state index contributed by atoms with van der Waals surface area (Å²) in [5.41, 5.74) is 15.5. The molecule has 0 saturated carbocycles. The van der Waals surface area contributed by atoms with Crippen LogP contribution in [-0.4, -0.2) is 51.0 Å². The zero-order valence-electron chi connectivity index (χ0n) is 20.1. The number of hydrogen-bond acceptors (Lipinski definition) is 8. The van der Waals surface area contributed by atoms with Crippen molar-refractivity contribution in [2.24, 2.45) is 10.7 Å². The number of allylic oxidation sites excluding steroid dienone is 2. The van der Waals surface area contributed by atoms with Crippen LogP contribution >= 0.6 is 11.6 Å². The number of nitrogens with two attached hydrogens (primary N) is 2. The molecule has 0 amide bonds. The number of amidine groups is 1. The Labute approximate surface area is 208 Å². The van der Waals surface area contributed by atoms with Crippen molar-refractivity contribution in [1.29, 1.82) is 0 Å². The second-order valence-corrected chi connectivity index (χ2v) is 8.77. The Morgan fingerprint density at radius 3 is 2.83 bits per heavy atom. The molecule has 3 heterocycles. The van der Waals surface area contributed by atoms with Gasteiger partial charge in [-0.05, 0) is 44.1 Å². The predicted octanol–water partition coefficient (Wildman–Crippen LogP) is 2.45. The Bertz CT molecular complexity index is 1360. The summed E-state index contributed by atoms with van der Waals surface area (Å²) in [6.45, 7) is 5.80. The third-order valence-corrected chi connectivity index (χ3v) is 6.48. The number of ether oxygens (including phenoxy) is 1. The van der Waals surface area contributed by atoms with Crippen molar-refractivity contribution in [3.8, 4) is 5.75 Å². The number of aryl methyl sites for hydroxylation is 2. The zero-order chi connectivity index (χ0) is 25.3. The van der Waals surface area contributed by atoms with Gasteiger partial charge in [-0.2, -0.15) is 5.10 Å². The maximum absolute atomic E-state index is 9.47. The molecule has 1 aliphatic rings. The monoisotopic (exact) mass is 496 g/mol. The first-order valence-electron chi connectivity index (χ1n) is 11.1. The van der Waals surface area contributed by atoms with E-state index in [4.69, 9.17) is 32.9 Å². The number of rotatable bonds is 7. The molecular formula is C24H29ClN8O2. The maximum atomic E-state index is 9.47. The van der Waals surface area contributed by atoms with Crippen molar-refractivity contribution in [3.63, 3.8) is 0 Å². The van der Waals surface area contributed by atoms with E-state index >= 15 is 0 Å². The van der Waals surface area contributed by atoms with E-state index in [2.05, 4.69) is 20.3 Å². The Morgan fingerprint density at radius 2 is 2.11 bits per heavy atom. The number of nitrogen functional groups attached to an aromatic ring is 1. The summed E-state index contributed by atoms with van der Waals surface area (Å²) in [5, 5.41) is 18.8. The SMILES string of the molecule is COc1cccc(C)c1C1(C(N)=NCCO)NC=C(Cl)C=C1C(C)n1nc(C)c2c(N)ncnc21. The third kappa shape index (κ3) is 3.98. The molecule has 4 rings (SSSR count). The first-order chi connectivity index (χ1) is 16.8. The number of halogens is 1. The molecule has 0 spiro atoms. The number of aromatic nitrogens is 4. The Hall–Kier alpha value is -3.63. The quantitative estimate of drug-likeness (QED) is 0.288. The number of dihydropyridines is 1. The zero-order valence-corrected chi connectivity index (χ0v) is 20.8. The van der Waals surface area contributed by atoms with Crippen LogP contribution in [-0.2, 0) is 5.54 Å². The van der Waals surface area contributed by atoms with Gasteiger partial charge >= 0.3 is 0 Å². The van der Waals surface area contributed by atoms with Gasteiger partial charge in [-0.3, -0.25) is 4.99 Å². The van der Waals surface area contributed by atoms with Gasteiger partial charge in [0.1, 0.15) is 29.3 Å². The Balaban J connectivity index is 2.03. The molecule has 0 radical (unpaired) electrons. The van der Waals surface area contributed by atoms with Crippen LogP contribution in [0.5, 0.6) is 5.75 Å². The molecule has 1 aliphatic heterocycles. The molecule has 1 aromatic carbocycles. The van der Waals surface area contributed by atoms with E-state index in [1.54, 1.807) is 18.0 Å². The minimum Gasteiger partial charge on any atom is -0.496 e. The largest absolute Gasteiger partial charge is 0.496 e. The number of nitrogens with one attached hydrogen (secondary N) is 1. The highest BCUT2D eigenvalue weighted by atomic mass is 35.5. The smallest absolute Gasteiger partial charge is 0.164 e. The van der Waals surface area contributed by atoms with Gasteiger partial charge in [-0.1, -0.05) is 23.7 Å². The number of anilines is 1. The van der Waals surface area contributed by atoms with Gasteiger partial charge in [0.2, 0.25) is 0 Å². The summed E-state index contributed by atoms with van der Waals surface area (Å²) in [5.74, 6) is 1.23. The molecule has 0 bridgehead atoms. The van der Waals surface area contributed by atoms with Gasteiger partial charge in [0.25, 0.3) is 0 Å². The molecular weight excluding hydrogens is 468 g/mol. The van der Waals surface area contributed by atoms with Crippen molar-refractivity contribution < 1.29 is 9.84 Å². The average molecular weight is 497 g/mol. The molecule has 2 atom stereocenters. The summed E-state index contributed by atoms with van der Waals surface area (Å²) < 4.78 is 7.55. The first-order valence-corrected chi connectivity index (χ1v) is 11.5. The number of benzene rings is 1. The lowest BCUT2D eigenvalue weighted by Crippen LogP contribution is -2.55. The molecule has 2 aromatic heterocycles. The highest BCUT2D eigenvalue weighted by molar-refractivity contribution is 6.31. The number of aliphatic hydroxyl groups is 1. The van der Waals surface area contributed by atoms with Crippen molar-refractivity contribution in [1.82, 2.24) is 25.1 Å². The van der Waals surface area contributed by atoms with Gasteiger partial charge in [0.05, 0.1) is 42.4 Å². The van der Waals surface area contributed by atoms with Crippen LogP contribution in [0.25, 0.3) is 11.0 Å². The molecule has 0 fully saturated rings. The number of aliphatic hydroxyl groups excluding tert-OH is 1. The van der Waals surface area contributed by atoms with E-state index in [-0.39, 0.29) is 19.0 Å². The minimum absolute atomic E-state index is 0.135. The highest BCUT2D eigenvalue weighted by Crippen LogP contribution is 2.45. The van der Waals surface area contributed by atoms with Crippen molar-refractivity contribution in [2.45, 2.75) is 32.4 Å². The molecule has 0 aliphatic carbocycles. The third-order valence-electron chi connectivity index (χ3n) is 6.26.